The Hall–Kier alpha value is -2.25. The van der Waals surface area contributed by atoms with E-state index in [1.54, 1.807) is 6.07 Å². The number of ether oxygens (including phenoxy) is 1. The quantitative estimate of drug-likeness (QED) is 0.747. The van der Waals surface area contributed by atoms with E-state index in [9.17, 15) is 4.79 Å². The highest BCUT2D eigenvalue weighted by atomic mass is 35.5. The van der Waals surface area contributed by atoms with Gasteiger partial charge in [-0.3, -0.25) is 4.79 Å². The van der Waals surface area contributed by atoms with Crippen molar-refractivity contribution in [1.29, 1.82) is 0 Å². The Kier molecular flexibility index (Phi) is 3.68. The smallest absolute Gasteiger partial charge is 0.223 e. The Balaban J connectivity index is 1.98. The number of benzene rings is 1. The molecule has 0 saturated carbocycles. The highest BCUT2D eigenvalue weighted by Gasteiger charge is 2.11. The summed E-state index contributed by atoms with van der Waals surface area (Å²) in [6, 6.07) is 7.03. The van der Waals surface area contributed by atoms with Crippen LogP contribution in [-0.4, -0.2) is 20.9 Å². The summed E-state index contributed by atoms with van der Waals surface area (Å²) < 4.78 is 6.59. The summed E-state index contributed by atoms with van der Waals surface area (Å²) in [6.07, 6.45) is 1.32. The maximum absolute atomic E-state index is 11.1. The highest BCUT2D eigenvalue weighted by molar-refractivity contribution is 7.22. The van der Waals surface area contributed by atoms with Crippen LogP contribution in [0, 0.1) is 0 Å². The van der Waals surface area contributed by atoms with Crippen molar-refractivity contribution >= 4 is 44.2 Å². The van der Waals surface area contributed by atoms with Gasteiger partial charge >= 0.3 is 0 Å². The lowest BCUT2D eigenvalue weighted by Crippen LogP contribution is -2.04. The van der Waals surface area contributed by atoms with Gasteiger partial charge in [0.15, 0.2) is 10.9 Å². The van der Waals surface area contributed by atoms with Gasteiger partial charge in [-0.1, -0.05) is 29.0 Å². The maximum atomic E-state index is 11.1. The predicted molar refractivity (Wildman–Crippen MR) is 81.0 cm³/mol. The molecular formula is C13H9ClN4O2S. The molecule has 0 fully saturated rings. The fraction of sp³-hybridized carbons (Fsp3) is 0.0769. The molecule has 0 aliphatic heterocycles. The topological polar surface area (TPSA) is 77.0 Å². The molecule has 0 spiro atoms. The number of hydrogen-bond donors (Lipinski definition) is 1. The van der Waals surface area contributed by atoms with E-state index in [1.807, 2.05) is 12.1 Å². The molecule has 3 aromatic rings. The van der Waals surface area contributed by atoms with Crippen molar-refractivity contribution in [3.8, 4) is 11.6 Å². The third-order valence-electron chi connectivity index (χ3n) is 2.49. The second-order valence-corrected chi connectivity index (χ2v) is 5.50. The van der Waals surface area contributed by atoms with Gasteiger partial charge in [-0.05, 0) is 12.1 Å². The second-order valence-electron chi connectivity index (χ2n) is 4.08. The molecule has 0 aliphatic rings. The summed E-state index contributed by atoms with van der Waals surface area (Å²) in [6.45, 7) is 1.44. The van der Waals surface area contributed by atoms with E-state index in [4.69, 9.17) is 16.3 Å². The van der Waals surface area contributed by atoms with E-state index in [0.29, 0.717) is 27.4 Å². The fourth-order valence-electron chi connectivity index (χ4n) is 1.70. The number of halogens is 1. The van der Waals surface area contributed by atoms with Gasteiger partial charge in [-0.25, -0.2) is 15.0 Å². The molecule has 2 heterocycles. The van der Waals surface area contributed by atoms with Crippen molar-refractivity contribution in [2.24, 2.45) is 0 Å². The summed E-state index contributed by atoms with van der Waals surface area (Å²) in [5.74, 6) is 0.700. The monoisotopic (exact) mass is 320 g/mol. The first kappa shape index (κ1) is 13.7. The average molecular weight is 321 g/mol. The van der Waals surface area contributed by atoms with E-state index in [0.717, 1.165) is 4.70 Å². The molecule has 3 rings (SSSR count). The summed E-state index contributed by atoms with van der Waals surface area (Å²) in [5.41, 5.74) is 0.654. The molecule has 0 atom stereocenters. The van der Waals surface area contributed by atoms with E-state index < -0.39 is 0 Å². The van der Waals surface area contributed by atoms with Gasteiger partial charge in [0.05, 0.1) is 4.70 Å². The maximum Gasteiger partial charge on any atom is 0.223 e. The first-order chi connectivity index (χ1) is 10.1. The highest BCUT2D eigenvalue weighted by Crippen LogP contribution is 2.34. The molecule has 2 aromatic heterocycles. The van der Waals surface area contributed by atoms with Gasteiger partial charge in [0.1, 0.15) is 17.0 Å². The van der Waals surface area contributed by atoms with Crippen LogP contribution in [0.3, 0.4) is 0 Å². The Morgan fingerprint density at radius 3 is 3.00 bits per heavy atom. The van der Waals surface area contributed by atoms with Gasteiger partial charge < -0.3 is 10.1 Å². The van der Waals surface area contributed by atoms with Gasteiger partial charge in [0, 0.05) is 13.0 Å². The van der Waals surface area contributed by atoms with Crippen LogP contribution in [0.2, 0.25) is 5.15 Å². The Labute approximate surface area is 128 Å². The number of fused-ring (bicyclic) bond motifs is 1. The van der Waals surface area contributed by atoms with Crippen LogP contribution in [0.1, 0.15) is 6.92 Å². The molecule has 0 unspecified atom stereocenters. The molecule has 6 nitrogen and oxygen atoms in total. The molecule has 0 radical (unpaired) electrons. The van der Waals surface area contributed by atoms with Crippen LogP contribution < -0.4 is 10.1 Å². The van der Waals surface area contributed by atoms with E-state index in [1.165, 1.54) is 30.7 Å². The Morgan fingerprint density at radius 2 is 2.24 bits per heavy atom. The second kappa shape index (κ2) is 5.63. The number of carbonyl (C=O) groups excluding carboxylic acids is 1. The zero-order chi connectivity index (χ0) is 14.8. The lowest BCUT2D eigenvalue weighted by Gasteiger charge is -2.04. The van der Waals surface area contributed by atoms with E-state index in [-0.39, 0.29) is 5.91 Å². The van der Waals surface area contributed by atoms with Gasteiger partial charge in [-0.2, -0.15) is 0 Å². The van der Waals surface area contributed by atoms with E-state index >= 15 is 0 Å². The first-order valence-corrected chi connectivity index (χ1v) is 7.14. The van der Waals surface area contributed by atoms with Crippen molar-refractivity contribution in [3.05, 3.63) is 35.7 Å². The van der Waals surface area contributed by atoms with E-state index in [2.05, 4.69) is 20.3 Å². The Morgan fingerprint density at radius 1 is 1.38 bits per heavy atom. The number of thiazole rings is 1. The molecule has 1 aromatic carbocycles. The number of aromatic nitrogens is 3. The SMILES string of the molecule is CC(=O)Nc1nc2c(Oc3cc(Cl)ncn3)cccc2s1. The number of carbonyl (C=O) groups is 1. The fourth-order valence-corrected chi connectivity index (χ4v) is 2.76. The van der Waals surface area contributed by atoms with Crippen molar-refractivity contribution in [3.63, 3.8) is 0 Å². The molecule has 106 valence electrons. The van der Waals surface area contributed by atoms with Gasteiger partial charge in [-0.15, -0.1) is 0 Å². The van der Waals surface area contributed by atoms with Crippen LogP contribution in [0.5, 0.6) is 11.6 Å². The summed E-state index contributed by atoms with van der Waals surface area (Å²) in [4.78, 5) is 23.2. The Bertz CT molecular complexity index is 821. The first-order valence-electron chi connectivity index (χ1n) is 5.94. The number of anilines is 1. The van der Waals surface area contributed by atoms with Crippen LogP contribution in [0.25, 0.3) is 10.2 Å². The molecular weight excluding hydrogens is 312 g/mol. The molecule has 0 saturated heterocycles. The van der Waals surface area contributed by atoms with Crippen LogP contribution in [0.4, 0.5) is 5.13 Å². The lowest BCUT2D eigenvalue weighted by atomic mass is 10.3. The van der Waals surface area contributed by atoms with Crippen LogP contribution in [0.15, 0.2) is 30.6 Å². The van der Waals surface area contributed by atoms with Crippen LogP contribution >= 0.6 is 22.9 Å². The predicted octanol–water partition coefficient (Wildman–Crippen LogP) is 3.49. The summed E-state index contributed by atoms with van der Waals surface area (Å²) >= 11 is 7.17. The van der Waals surface area contributed by atoms with Crippen molar-refractivity contribution < 1.29 is 9.53 Å². The summed E-state index contributed by atoms with van der Waals surface area (Å²) in [7, 11) is 0. The molecule has 0 bridgehead atoms. The molecule has 1 amide bonds. The number of nitrogens with zero attached hydrogens (tertiary/aromatic N) is 3. The van der Waals surface area contributed by atoms with Gasteiger partial charge in [0.25, 0.3) is 0 Å². The number of para-hydroxylation sites is 1. The zero-order valence-corrected chi connectivity index (χ0v) is 12.4. The lowest BCUT2D eigenvalue weighted by molar-refractivity contribution is -0.114. The molecule has 8 heteroatoms. The zero-order valence-electron chi connectivity index (χ0n) is 10.8. The van der Waals surface area contributed by atoms with Crippen molar-refractivity contribution in [2.45, 2.75) is 6.92 Å². The number of rotatable bonds is 3. The van der Waals surface area contributed by atoms with Gasteiger partial charge in [0.2, 0.25) is 11.8 Å². The average Bonchev–Trinajstić information content (AvgIpc) is 2.81. The third kappa shape index (κ3) is 3.09. The standard InChI is InChI=1S/C13H9ClN4O2S/c1-7(19)17-13-18-12-8(3-2-4-9(12)21-13)20-11-5-10(14)15-6-16-11/h2-6H,1H3,(H,17,18,19). The minimum absolute atomic E-state index is 0.167. The minimum Gasteiger partial charge on any atom is -0.437 e. The molecule has 21 heavy (non-hydrogen) atoms. The molecule has 0 aliphatic carbocycles. The van der Waals surface area contributed by atoms with Crippen molar-refractivity contribution in [2.75, 3.05) is 5.32 Å². The number of nitrogens with one attached hydrogen (secondary N) is 1. The largest absolute Gasteiger partial charge is 0.437 e. The minimum atomic E-state index is -0.167. The molecule has 1 N–H and O–H groups in total. The van der Waals surface area contributed by atoms with Crippen LogP contribution in [-0.2, 0) is 4.79 Å². The number of hydrogen-bond acceptors (Lipinski definition) is 6. The number of amides is 1. The van der Waals surface area contributed by atoms with Crippen molar-refractivity contribution in [1.82, 2.24) is 15.0 Å². The normalized spacial score (nSPS) is 10.6. The third-order valence-corrected chi connectivity index (χ3v) is 3.63. The summed E-state index contributed by atoms with van der Waals surface area (Å²) in [5, 5.41) is 3.48.